The molecule has 9 heteroatoms. The molecule has 1 aliphatic heterocycles. The van der Waals surface area contributed by atoms with Crippen LogP contribution in [-0.4, -0.2) is 79.2 Å². The van der Waals surface area contributed by atoms with E-state index in [2.05, 4.69) is 125 Å². The minimum absolute atomic E-state index is 0.0699. The fraction of sp³-hybridized carbons (Fsp3) is 1.00. The molecule has 0 N–H and O–H groups in total. The van der Waals surface area contributed by atoms with Gasteiger partial charge in [-0.1, -0.05) is 137 Å². The fourth-order valence-corrected chi connectivity index (χ4v) is 61.3. The van der Waals surface area contributed by atoms with Gasteiger partial charge in [0.05, 0.1) is 29.8 Å². The van der Waals surface area contributed by atoms with Crippen molar-refractivity contribution in [1.82, 2.24) is 0 Å². The maximum atomic E-state index is 7.86. The van der Waals surface area contributed by atoms with E-state index in [4.69, 9.17) is 4.74 Å². The van der Waals surface area contributed by atoms with Gasteiger partial charge in [-0.25, -0.2) is 0 Å². The number of ether oxygens (including phenoxy) is 1. The minimum Gasteiger partial charge on any atom is -0.378 e. The summed E-state index contributed by atoms with van der Waals surface area (Å²) in [6.45, 7) is 50.4. The smallest absolute Gasteiger partial charge is 0.0717 e. The van der Waals surface area contributed by atoms with Gasteiger partial charge in [0.15, 0.2) is 0 Å². The van der Waals surface area contributed by atoms with Crippen molar-refractivity contribution in [3.05, 3.63) is 0 Å². The molecule has 3 aliphatic rings. The summed E-state index contributed by atoms with van der Waals surface area (Å²) in [6.07, 6.45) is 5.99. The summed E-state index contributed by atoms with van der Waals surface area (Å²) in [4.78, 5) is 0. The van der Waals surface area contributed by atoms with Gasteiger partial charge in [0.1, 0.15) is 0 Å². The molecule has 0 aromatic rings. The van der Waals surface area contributed by atoms with Crippen molar-refractivity contribution in [2.75, 3.05) is 7.11 Å². The van der Waals surface area contributed by atoms with Crippen LogP contribution in [0.2, 0.25) is 136 Å². The molecule has 2 saturated carbocycles. The van der Waals surface area contributed by atoms with Crippen LogP contribution in [0.5, 0.6) is 0 Å². The van der Waals surface area contributed by atoms with E-state index in [0.29, 0.717) is 18.6 Å². The molecule has 3 fully saturated rings. The number of hydrogen-bond acceptors (Lipinski definition) is 1. The standard InChI is InChI=1S/C29H66OSi8/c1-30-29-24-25(33(2,3)4,20-21-26(24,34(5,6)7)35(8,9)10)31-32-27(29,36(11,12)13)22-23-28(29,37(14,15)16)38(17,18)19/h24H,20-23H2,1-19H3/t24?,25-,27-,29?/m1/s1. The van der Waals surface area contributed by atoms with E-state index in [9.17, 15) is 0 Å². The number of hydrogen-bond donors (Lipinski definition) is 0. The maximum Gasteiger partial charge on any atom is 0.0717 e. The zero-order chi connectivity index (χ0) is 30.0. The first-order chi connectivity index (χ1) is 16.5. The molecule has 38 heavy (non-hydrogen) atoms. The Bertz CT molecular complexity index is 895. The third-order valence-electron chi connectivity index (χ3n) is 13.1. The molecule has 0 aromatic carbocycles. The highest BCUT2D eigenvalue weighted by atomic mass is 29.1. The van der Waals surface area contributed by atoms with Gasteiger partial charge >= 0.3 is 0 Å². The molecule has 3 rings (SSSR count). The van der Waals surface area contributed by atoms with Gasteiger partial charge in [0.2, 0.25) is 0 Å². The molecule has 0 aromatic heterocycles. The summed E-state index contributed by atoms with van der Waals surface area (Å²) in [5.41, 5.74) is 0.0699. The average Bonchev–Trinajstić information content (AvgIpc) is 3.19. The van der Waals surface area contributed by atoms with Crippen molar-refractivity contribution in [1.29, 1.82) is 0 Å². The Morgan fingerprint density at radius 2 is 0.947 bits per heavy atom. The molecule has 1 saturated heterocycles. The summed E-state index contributed by atoms with van der Waals surface area (Å²) < 4.78 is 9.82. The topological polar surface area (TPSA) is 9.23 Å². The van der Waals surface area contributed by atoms with Gasteiger partial charge in [-0.15, -0.1) is 0 Å². The van der Waals surface area contributed by atoms with Crippen molar-refractivity contribution < 1.29 is 4.74 Å². The van der Waals surface area contributed by atoms with E-state index < -0.39 is 48.4 Å². The Kier molecular flexibility index (Phi) is 8.19. The maximum absolute atomic E-state index is 7.86. The van der Waals surface area contributed by atoms with Crippen LogP contribution >= 0.6 is 0 Å². The number of methoxy groups -OCH3 is 1. The first-order valence-corrected chi connectivity index (χ1v) is 39.6. The third kappa shape index (κ3) is 3.79. The molecule has 0 amide bonds. The van der Waals surface area contributed by atoms with Crippen molar-refractivity contribution in [3.8, 4) is 0 Å². The number of rotatable bonds is 7. The van der Waals surface area contributed by atoms with E-state index in [1.165, 1.54) is 34.7 Å². The van der Waals surface area contributed by atoms with Crippen molar-refractivity contribution in [3.63, 3.8) is 0 Å². The Morgan fingerprint density at radius 3 is 1.26 bits per heavy atom. The molecule has 0 spiro atoms. The van der Waals surface area contributed by atoms with E-state index in [1.54, 1.807) is 0 Å². The predicted octanol–water partition coefficient (Wildman–Crippen LogP) is 9.90. The lowest BCUT2D eigenvalue weighted by atomic mass is 9.80. The van der Waals surface area contributed by atoms with Crippen LogP contribution in [0, 0.1) is 5.92 Å². The van der Waals surface area contributed by atoms with Gasteiger partial charge in [-0.05, 0) is 31.0 Å². The van der Waals surface area contributed by atoms with Crippen LogP contribution in [0.15, 0.2) is 0 Å². The molecule has 1 heterocycles. The normalized spacial score (nSPS) is 36.2. The summed E-state index contributed by atoms with van der Waals surface area (Å²) in [5.74, 6) is 0.782. The van der Waals surface area contributed by atoms with E-state index in [-0.39, 0.29) is 5.60 Å². The van der Waals surface area contributed by atoms with Crippen molar-refractivity contribution >= 4 is 66.5 Å². The van der Waals surface area contributed by atoms with Gasteiger partial charge in [0, 0.05) is 49.4 Å². The van der Waals surface area contributed by atoms with E-state index in [1.807, 2.05) is 0 Å². The lowest BCUT2D eigenvalue weighted by molar-refractivity contribution is -0.0862. The van der Waals surface area contributed by atoms with Gasteiger partial charge in [-0.2, -0.15) is 0 Å². The Labute approximate surface area is 250 Å². The summed E-state index contributed by atoms with van der Waals surface area (Å²) >= 11 is 0. The molecule has 4 radical (unpaired) electrons. The SMILES string of the molecule is COC12C3C([Si](C)(C)C)([Si](C)(C)C)CC[C@]3([Si](C)(C)C)[Si][Si][C@@]1([Si](C)(C)C)CCC2([Si](C)(C)C)[Si](C)(C)C. The monoisotopic (exact) mass is 654 g/mol. The van der Waals surface area contributed by atoms with Crippen molar-refractivity contribution in [2.24, 2.45) is 5.92 Å². The summed E-state index contributed by atoms with van der Waals surface area (Å²) in [7, 11) is -4.99. The van der Waals surface area contributed by atoms with Crippen LogP contribution in [-0.2, 0) is 4.74 Å². The highest BCUT2D eigenvalue weighted by molar-refractivity contribution is 7.17. The Morgan fingerprint density at radius 1 is 0.500 bits per heavy atom. The second-order valence-electron chi connectivity index (χ2n) is 19.9. The van der Waals surface area contributed by atoms with E-state index in [0.717, 1.165) is 15.0 Å². The van der Waals surface area contributed by atoms with Crippen molar-refractivity contribution in [2.45, 2.75) is 168 Å². The molecule has 2 unspecified atom stereocenters. The molecule has 4 atom stereocenters. The van der Waals surface area contributed by atoms with Gasteiger partial charge < -0.3 is 4.74 Å². The average molecular weight is 656 g/mol. The first kappa shape index (κ1) is 34.2. The Balaban J connectivity index is 2.75. The lowest BCUT2D eigenvalue weighted by Crippen LogP contribution is -2.81. The van der Waals surface area contributed by atoms with Crippen LogP contribution in [0.4, 0.5) is 0 Å². The molecule has 2 aliphatic carbocycles. The van der Waals surface area contributed by atoms with E-state index >= 15 is 0 Å². The second kappa shape index (κ2) is 9.11. The molecule has 1 nitrogen and oxygen atoms in total. The van der Waals surface area contributed by atoms with Crippen LogP contribution in [0.1, 0.15) is 25.7 Å². The largest absolute Gasteiger partial charge is 0.378 e. The summed E-state index contributed by atoms with van der Waals surface area (Å²) in [5, 5.41) is 0. The molecule has 0 bridgehead atoms. The summed E-state index contributed by atoms with van der Waals surface area (Å²) in [6, 6.07) is 0. The van der Waals surface area contributed by atoms with Gasteiger partial charge in [-0.3, -0.25) is 0 Å². The predicted molar refractivity (Wildman–Crippen MR) is 194 cm³/mol. The first-order valence-electron chi connectivity index (χ1n) is 15.6. The molecular formula is C29H66OSi8. The van der Waals surface area contributed by atoms with Gasteiger partial charge in [0.25, 0.3) is 0 Å². The van der Waals surface area contributed by atoms with Crippen LogP contribution < -0.4 is 0 Å². The zero-order valence-electron chi connectivity index (χ0n) is 29.3. The Hall–Kier alpha value is 1.70. The number of fused-ring (bicyclic) bond motifs is 3. The molecular weight excluding hydrogens is 589 g/mol. The quantitative estimate of drug-likeness (QED) is 0.248. The minimum atomic E-state index is -1.66. The molecule has 220 valence electrons. The third-order valence-corrected chi connectivity index (χ3v) is 53.2. The fourth-order valence-electron chi connectivity index (χ4n) is 12.2. The highest BCUT2D eigenvalue weighted by Crippen LogP contribution is 2.88. The van der Waals surface area contributed by atoms with Crippen LogP contribution in [0.3, 0.4) is 0 Å². The second-order valence-corrected chi connectivity index (χ2v) is 57.9. The zero-order valence-corrected chi connectivity index (χ0v) is 37.3. The lowest BCUT2D eigenvalue weighted by Gasteiger charge is -2.76. The van der Waals surface area contributed by atoms with Crippen LogP contribution in [0.25, 0.3) is 0 Å². The highest BCUT2D eigenvalue weighted by Gasteiger charge is 2.87.